The molecule has 0 spiro atoms. The number of aryl methyl sites for hydroxylation is 1. The molecule has 0 heterocycles. The fourth-order valence-electron chi connectivity index (χ4n) is 3.14. The number of benzene rings is 3. The van der Waals surface area contributed by atoms with Crippen molar-refractivity contribution in [2.45, 2.75) is 17.7 Å². The summed E-state index contributed by atoms with van der Waals surface area (Å²) >= 11 is 6.28. The van der Waals surface area contributed by atoms with Gasteiger partial charge in [-0.3, -0.25) is 9.59 Å². The molecule has 0 fully saturated rings. The lowest BCUT2D eigenvalue weighted by atomic mass is 10.1. The SMILES string of the molecule is COc1ccccc1CCC(=O)Nc1ccc(NC(=O)c2cccc(S(C)(=O)=O)c2)c(Cl)c1. The van der Waals surface area contributed by atoms with Crippen LogP contribution < -0.4 is 15.4 Å². The van der Waals surface area contributed by atoms with E-state index >= 15 is 0 Å². The first kappa shape index (κ1) is 24.3. The number of carbonyl (C=O) groups is 2. The Balaban J connectivity index is 1.63. The van der Waals surface area contributed by atoms with Gasteiger partial charge in [-0.15, -0.1) is 0 Å². The van der Waals surface area contributed by atoms with Crippen LogP contribution in [-0.2, 0) is 21.1 Å². The quantitative estimate of drug-likeness (QED) is 0.485. The smallest absolute Gasteiger partial charge is 0.255 e. The highest BCUT2D eigenvalue weighted by molar-refractivity contribution is 7.90. The second-order valence-corrected chi connectivity index (χ2v) is 9.73. The van der Waals surface area contributed by atoms with Crippen LogP contribution in [0, 0.1) is 0 Å². The molecule has 0 saturated heterocycles. The number of methoxy groups -OCH3 is 1. The van der Waals surface area contributed by atoms with E-state index in [1.165, 1.54) is 30.3 Å². The van der Waals surface area contributed by atoms with Crippen molar-refractivity contribution in [1.29, 1.82) is 0 Å². The number of para-hydroxylation sites is 1. The highest BCUT2D eigenvalue weighted by atomic mass is 35.5. The number of sulfone groups is 1. The molecule has 2 amide bonds. The van der Waals surface area contributed by atoms with E-state index in [1.807, 2.05) is 24.3 Å². The zero-order chi connectivity index (χ0) is 24.0. The minimum Gasteiger partial charge on any atom is -0.496 e. The maximum absolute atomic E-state index is 12.5. The summed E-state index contributed by atoms with van der Waals surface area (Å²) in [6, 6.07) is 18.0. The minimum atomic E-state index is -3.44. The first-order valence-corrected chi connectivity index (χ1v) is 12.3. The normalized spacial score (nSPS) is 11.0. The second kappa shape index (κ2) is 10.5. The van der Waals surface area contributed by atoms with Crippen molar-refractivity contribution in [2.24, 2.45) is 0 Å². The highest BCUT2D eigenvalue weighted by Gasteiger charge is 2.14. The third-order valence-corrected chi connectivity index (χ3v) is 6.26. The van der Waals surface area contributed by atoms with Crippen LogP contribution in [0.25, 0.3) is 0 Å². The van der Waals surface area contributed by atoms with Crippen molar-refractivity contribution in [3.05, 3.63) is 82.9 Å². The van der Waals surface area contributed by atoms with Gasteiger partial charge in [0.2, 0.25) is 5.91 Å². The lowest BCUT2D eigenvalue weighted by molar-refractivity contribution is -0.116. The molecule has 33 heavy (non-hydrogen) atoms. The molecule has 0 unspecified atom stereocenters. The summed E-state index contributed by atoms with van der Waals surface area (Å²) in [5.41, 5.74) is 1.94. The zero-order valence-corrected chi connectivity index (χ0v) is 19.7. The molecule has 3 rings (SSSR count). The monoisotopic (exact) mass is 486 g/mol. The van der Waals surface area contributed by atoms with Gasteiger partial charge in [0.1, 0.15) is 5.75 Å². The summed E-state index contributed by atoms with van der Waals surface area (Å²) in [6.45, 7) is 0. The van der Waals surface area contributed by atoms with Gasteiger partial charge in [-0.2, -0.15) is 0 Å². The van der Waals surface area contributed by atoms with E-state index in [4.69, 9.17) is 16.3 Å². The van der Waals surface area contributed by atoms with Gasteiger partial charge in [-0.1, -0.05) is 35.9 Å². The molecule has 0 aromatic heterocycles. The van der Waals surface area contributed by atoms with E-state index in [2.05, 4.69) is 10.6 Å². The summed E-state index contributed by atoms with van der Waals surface area (Å²) in [4.78, 5) is 24.9. The molecule has 0 saturated carbocycles. The zero-order valence-electron chi connectivity index (χ0n) is 18.1. The summed E-state index contributed by atoms with van der Waals surface area (Å²) in [5, 5.41) is 5.66. The van der Waals surface area contributed by atoms with Crippen molar-refractivity contribution in [3.63, 3.8) is 0 Å². The van der Waals surface area contributed by atoms with E-state index in [1.54, 1.807) is 19.2 Å². The van der Waals surface area contributed by atoms with Gasteiger partial charge in [-0.25, -0.2) is 8.42 Å². The first-order valence-electron chi connectivity index (χ1n) is 10.00. The average Bonchev–Trinajstić information content (AvgIpc) is 2.79. The van der Waals surface area contributed by atoms with Gasteiger partial charge >= 0.3 is 0 Å². The van der Waals surface area contributed by atoms with Crippen LogP contribution in [0.3, 0.4) is 0 Å². The molecule has 0 aliphatic carbocycles. The van der Waals surface area contributed by atoms with Crippen molar-refractivity contribution in [2.75, 3.05) is 24.0 Å². The maximum atomic E-state index is 12.5. The molecular formula is C24H23ClN2O5S. The molecule has 7 nitrogen and oxygen atoms in total. The summed E-state index contributed by atoms with van der Waals surface area (Å²) in [5.74, 6) is 0.0397. The van der Waals surface area contributed by atoms with Crippen molar-refractivity contribution in [3.8, 4) is 5.75 Å². The second-order valence-electron chi connectivity index (χ2n) is 7.31. The molecule has 3 aromatic carbocycles. The predicted octanol–water partition coefficient (Wildman–Crippen LogP) is 4.58. The van der Waals surface area contributed by atoms with E-state index in [0.29, 0.717) is 17.8 Å². The van der Waals surface area contributed by atoms with Crippen LogP contribution in [0.2, 0.25) is 5.02 Å². The fourth-order valence-corrected chi connectivity index (χ4v) is 4.03. The van der Waals surface area contributed by atoms with Crippen LogP contribution >= 0.6 is 11.6 Å². The molecule has 172 valence electrons. The lowest BCUT2D eigenvalue weighted by Crippen LogP contribution is -2.14. The maximum Gasteiger partial charge on any atom is 0.255 e. The Bertz CT molecular complexity index is 1290. The number of halogens is 1. The predicted molar refractivity (Wildman–Crippen MR) is 129 cm³/mol. The Hall–Kier alpha value is -3.36. The average molecular weight is 487 g/mol. The van der Waals surface area contributed by atoms with Gasteiger partial charge in [0.25, 0.3) is 5.91 Å². The standard InChI is InChI=1S/C24H23ClN2O5S/c1-32-22-9-4-3-6-16(22)10-13-23(28)26-18-11-12-21(20(25)15-18)27-24(29)17-7-5-8-19(14-17)33(2,30)31/h3-9,11-12,14-15H,10,13H2,1-2H3,(H,26,28)(H,27,29). The molecule has 3 aromatic rings. The Morgan fingerprint density at radius 2 is 1.73 bits per heavy atom. The summed E-state index contributed by atoms with van der Waals surface area (Å²) in [6.07, 6.45) is 1.85. The lowest BCUT2D eigenvalue weighted by Gasteiger charge is -2.11. The number of carbonyl (C=O) groups excluding carboxylic acids is 2. The fraction of sp³-hybridized carbons (Fsp3) is 0.167. The van der Waals surface area contributed by atoms with Crippen LogP contribution in [-0.4, -0.2) is 33.6 Å². The topological polar surface area (TPSA) is 102 Å². The number of hydrogen-bond donors (Lipinski definition) is 2. The Morgan fingerprint density at radius 1 is 0.970 bits per heavy atom. The number of ether oxygens (including phenoxy) is 1. The van der Waals surface area contributed by atoms with E-state index in [-0.39, 0.29) is 27.8 Å². The van der Waals surface area contributed by atoms with Gasteiger partial charge in [0.05, 0.1) is 22.7 Å². The number of anilines is 2. The third kappa shape index (κ3) is 6.57. The molecule has 0 atom stereocenters. The van der Waals surface area contributed by atoms with E-state index in [9.17, 15) is 18.0 Å². The number of hydrogen-bond acceptors (Lipinski definition) is 5. The van der Waals surface area contributed by atoms with Crippen LogP contribution in [0.1, 0.15) is 22.3 Å². The number of amides is 2. The largest absolute Gasteiger partial charge is 0.496 e. The third-order valence-electron chi connectivity index (χ3n) is 4.84. The van der Waals surface area contributed by atoms with Gasteiger partial charge in [0.15, 0.2) is 9.84 Å². The van der Waals surface area contributed by atoms with Crippen LogP contribution in [0.15, 0.2) is 71.6 Å². The molecule has 0 radical (unpaired) electrons. The Labute approximate surface area is 197 Å². The van der Waals surface area contributed by atoms with Gasteiger partial charge in [0, 0.05) is 23.9 Å². The summed E-state index contributed by atoms with van der Waals surface area (Å²) < 4.78 is 28.7. The molecule has 2 N–H and O–H groups in total. The molecule has 0 bridgehead atoms. The molecule has 0 aliphatic heterocycles. The van der Waals surface area contributed by atoms with Crippen molar-refractivity contribution < 1.29 is 22.7 Å². The van der Waals surface area contributed by atoms with Crippen molar-refractivity contribution in [1.82, 2.24) is 0 Å². The molecular weight excluding hydrogens is 464 g/mol. The Kier molecular flexibility index (Phi) is 7.73. The first-order chi connectivity index (χ1) is 15.7. The molecule has 9 heteroatoms. The highest BCUT2D eigenvalue weighted by Crippen LogP contribution is 2.27. The molecule has 0 aliphatic rings. The number of rotatable bonds is 8. The van der Waals surface area contributed by atoms with Gasteiger partial charge < -0.3 is 15.4 Å². The van der Waals surface area contributed by atoms with Crippen LogP contribution in [0.4, 0.5) is 11.4 Å². The van der Waals surface area contributed by atoms with Crippen LogP contribution in [0.5, 0.6) is 5.75 Å². The summed E-state index contributed by atoms with van der Waals surface area (Å²) in [7, 11) is -1.85. The van der Waals surface area contributed by atoms with E-state index in [0.717, 1.165) is 17.6 Å². The van der Waals surface area contributed by atoms with Gasteiger partial charge in [-0.05, 0) is 54.4 Å². The number of nitrogens with one attached hydrogen (secondary N) is 2. The minimum absolute atomic E-state index is 0.0485. The van der Waals surface area contributed by atoms with Crippen molar-refractivity contribution >= 4 is 44.6 Å². The van der Waals surface area contributed by atoms with E-state index < -0.39 is 15.7 Å². The Morgan fingerprint density at radius 3 is 2.42 bits per heavy atom.